The number of hydrogen-bond acceptors (Lipinski definition) is 3. The molecule has 3 aromatic rings. The highest BCUT2D eigenvalue weighted by Gasteiger charge is 2.07. The number of pyridine rings is 1. The number of para-hydroxylation sites is 1. The molecule has 0 amide bonds. The Morgan fingerprint density at radius 1 is 1.06 bits per heavy atom. The monoisotopic (exact) mass is 227 g/mol. The van der Waals surface area contributed by atoms with E-state index in [-0.39, 0.29) is 11.3 Å². The van der Waals surface area contributed by atoms with Gasteiger partial charge in [-0.15, -0.1) is 0 Å². The molecule has 17 heavy (non-hydrogen) atoms. The second-order valence-corrected chi connectivity index (χ2v) is 3.69. The molecule has 0 aliphatic heterocycles. The Labute approximate surface area is 95.7 Å². The van der Waals surface area contributed by atoms with Crippen LogP contribution in [0.2, 0.25) is 0 Å². The Bertz CT molecular complexity index is 743. The van der Waals surface area contributed by atoms with E-state index in [1.54, 1.807) is 30.3 Å². The largest absolute Gasteiger partial charge is 0.507 e. The Kier molecular flexibility index (Phi) is 1.98. The minimum Gasteiger partial charge on any atom is -0.507 e. The van der Waals surface area contributed by atoms with Gasteiger partial charge in [-0.1, -0.05) is 12.1 Å². The van der Waals surface area contributed by atoms with Crippen LogP contribution in [0.1, 0.15) is 0 Å². The van der Waals surface area contributed by atoms with Crippen molar-refractivity contribution < 1.29 is 5.11 Å². The molecule has 0 radical (unpaired) electrons. The second-order valence-electron chi connectivity index (χ2n) is 3.69. The predicted octanol–water partition coefficient (Wildman–Crippen LogP) is 1.62. The topological polar surface area (TPSA) is 81.8 Å². The molecule has 0 fully saturated rings. The van der Waals surface area contributed by atoms with Gasteiger partial charge in [-0.2, -0.15) is 0 Å². The van der Waals surface area contributed by atoms with Gasteiger partial charge in [0.15, 0.2) is 5.65 Å². The molecule has 0 saturated heterocycles. The third kappa shape index (κ3) is 1.48. The lowest BCUT2D eigenvalue weighted by Gasteiger charge is -2.02. The highest BCUT2D eigenvalue weighted by Crippen LogP contribution is 2.27. The summed E-state index contributed by atoms with van der Waals surface area (Å²) in [7, 11) is 0. The molecule has 0 spiro atoms. The number of aromatic nitrogens is 3. The quantitative estimate of drug-likeness (QED) is 0.590. The minimum atomic E-state index is -0.198. The van der Waals surface area contributed by atoms with E-state index in [0.29, 0.717) is 22.3 Å². The van der Waals surface area contributed by atoms with Crippen molar-refractivity contribution in [2.75, 3.05) is 0 Å². The van der Waals surface area contributed by atoms with Gasteiger partial charge in [0.05, 0.1) is 11.1 Å². The summed E-state index contributed by atoms with van der Waals surface area (Å²) in [4.78, 5) is 15.6. The number of aromatic amines is 2. The van der Waals surface area contributed by atoms with E-state index >= 15 is 0 Å². The molecule has 0 aliphatic carbocycles. The number of aromatic hydroxyl groups is 1. The van der Waals surface area contributed by atoms with Crippen LogP contribution in [-0.2, 0) is 0 Å². The molecule has 0 atom stereocenters. The van der Waals surface area contributed by atoms with Crippen molar-refractivity contribution in [2.45, 2.75) is 0 Å². The molecule has 3 N–H and O–H groups in total. The van der Waals surface area contributed by atoms with Gasteiger partial charge in [-0.3, -0.25) is 15.0 Å². The van der Waals surface area contributed by atoms with Crippen LogP contribution < -0.4 is 5.56 Å². The van der Waals surface area contributed by atoms with Crippen molar-refractivity contribution in [3.8, 4) is 17.0 Å². The fourth-order valence-corrected chi connectivity index (χ4v) is 1.76. The molecule has 1 aromatic carbocycles. The lowest BCUT2D eigenvalue weighted by atomic mass is 10.1. The van der Waals surface area contributed by atoms with E-state index in [9.17, 15) is 9.90 Å². The zero-order chi connectivity index (χ0) is 11.8. The van der Waals surface area contributed by atoms with Gasteiger partial charge < -0.3 is 5.11 Å². The number of rotatable bonds is 1. The summed E-state index contributed by atoms with van der Waals surface area (Å²) in [6.07, 6.45) is 0. The standard InChI is InChI=1S/C12H9N3O2/c16-10-4-2-1-3-7(10)9-6-5-8-11(13-9)14-15-12(8)17/h1-6,16H,(H2,13,14,15,17). The number of phenols is 1. The molecule has 2 heterocycles. The van der Waals surface area contributed by atoms with Crippen molar-refractivity contribution in [1.29, 1.82) is 0 Å². The van der Waals surface area contributed by atoms with Crippen molar-refractivity contribution in [1.82, 2.24) is 15.2 Å². The third-order valence-corrected chi connectivity index (χ3v) is 2.61. The van der Waals surface area contributed by atoms with Gasteiger partial charge in [0.2, 0.25) is 0 Å². The first-order valence-corrected chi connectivity index (χ1v) is 5.11. The number of benzene rings is 1. The fourth-order valence-electron chi connectivity index (χ4n) is 1.76. The summed E-state index contributed by atoms with van der Waals surface area (Å²) in [6.45, 7) is 0. The summed E-state index contributed by atoms with van der Waals surface area (Å²) in [5, 5.41) is 15.4. The summed E-state index contributed by atoms with van der Waals surface area (Å²) in [5.74, 6) is 0.164. The van der Waals surface area contributed by atoms with Crippen LogP contribution in [-0.4, -0.2) is 20.3 Å². The number of H-pyrrole nitrogens is 2. The Balaban J connectivity index is 2.25. The molecule has 0 aliphatic rings. The van der Waals surface area contributed by atoms with Crippen molar-refractivity contribution >= 4 is 11.0 Å². The van der Waals surface area contributed by atoms with E-state index in [2.05, 4.69) is 15.2 Å². The first kappa shape index (κ1) is 9.65. The molecule has 0 saturated carbocycles. The SMILES string of the molecule is O=c1[nH][nH]c2nc(-c3ccccc3O)ccc12. The van der Waals surface area contributed by atoms with Gasteiger partial charge in [-0.25, -0.2) is 4.98 Å². The predicted molar refractivity (Wildman–Crippen MR) is 63.8 cm³/mol. The van der Waals surface area contributed by atoms with Crippen molar-refractivity contribution in [3.05, 3.63) is 46.8 Å². The summed E-state index contributed by atoms with van der Waals surface area (Å²) < 4.78 is 0. The molecule has 5 heteroatoms. The van der Waals surface area contributed by atoms with Crippen LogP contribution in [0, 0.1) is 0 Å². The second kappa shape index (κ2) is 3.48. The zero-order valence-corrected chi connectivity index (χ0v) is 8.77. The fraction of sp³-hybridized carbons (Fsp3) is 0. The van der Waals surface area contributed by atoms with Crippen LogP contribution in [0.5, 0.6) is 5.75 Å². The molecule has 0 bridgehead atoms. The first-order chi connectivity index (χ1) is 8.25. The van der Waals surface area contributed by atoms with Gasteiger partial charge in [-0.05, 0) is 24.3 Å². The number of phenolic OH excluding ortho intramolecular Hbond substituents is 1. The van der Waals surface area contributed by atoms with E-state index in [4.69, 9.17) is 0 Å². The molecule has 84 valence electrons. The van der Waals surface area contributed by atoms with Crippen LogP contribution in [0.25, 0.3) is 22.3 Å². The number of nitrogens with one attached hydrogen (secondary N) is 2. The first-order valence-electron chi connectivity index (χ1n) is 5.11. The molecule has 2 aromatic heterocycles. The maximum Gasteiger partial charge on any atom is 0.273 e. The number of hydrogen-bond donors (Lipinski definition) is 3. The van der Waals surface area contributed by atoms with Gasteiger partial charge in [0.1, 0.15) is 5.75 Å². The van der Waals surface area contributed by atoms with Crippen LogP contribution in [0.3, 0.4) is 0 Å². The van der Waals surface area contributed by atoms with Gasteiger partial charge in [0, 0.05) is 5.56 Å². The van der Waals surface area contributed by atoms with Crippen molar-refractivity contribution in [2.24, 2.45) is 0 Å². The number of nitrogens with zero attached hydrogens (tertiary/aromatic N) is 1. The van der Waals surface area contributed by atoms with Gasteiger partial charge >= 0.3 is 0 Å². The van der Waals surface area contributed by atoms with E-state index in [1.165, 1.54) is 0 Å². The third-order valence-electron chi connectivity index (χ3n) is 2.61. The van der Waals surface area contributed by atoms with Crippen LogP contribution in [0.15, 0.2) is 41.2 Å². The van der Waals surface area contributed by atoms with Crippen LogP contribution >= 0.6 is 0 Å². The highest BCUT2D eigenvalue weighted by molar-refractivity contribution is 5.78. The Morgan fingerprint density at radius 2 is 1.88 bits per heavy atom. The molecule has 3 rings (SSSR count). The molecular formula is C12H9N3O2. The van der Waals surface area contributed by atoms with E-state index < -0.39 is 0 Å². The average molecular weight is 227 g/mol. The highest BCUT2D eigenvalue weighted by atomic mass is 16.3. The molecule has 0 unspecified atom stereocenters. The summed E-state index contributed by atoms with van der Waals surface area (Å²) >= 11 is 0. The van der Waals surface area contributed by atoms with E-state index in [1.807, 2.05) is 6.07 Å². The maximum absolute atomic E-state index is 11.3. The average Bonchev–Trinajstić information content (AvgIpc) is 2.71. The summed E-state index contributed by atoms with van der Waals surface area (Å²) in [5.41, 5.74) is 1.54. The lowest BCUT2D eigenvalue weighted by molar-refractivity contribution is 0.477. The summed E-state index contributed by atoms with van der Waals surface area (Å²) in [6, 6.07) is 10.3. The van der Waals surface area contributed by atoms with Gasteiger partial charge in [0.25, 0.3) is 5.56 Å². The molecule has 5 nitrogen and oxygen atoms in total. The minimum absolute atomic E-state index is 0.164. The molecular weight excluding hydrogens is 218 g/mol. The smallest absolute Gasteiger partial charge is 0.273 e. The normalized spacial score (nSPS) is 10.8. The van der Waals surface area contributed by atoms with E-state index in [0.717, 1.165) is 0 Å². The zero-order valence-electron chi connectivity index (χ0n) is 8.77. The lowest BCUT2D eigenvalue weighted by Crippen LogP contribution is -1.97. The number of fused-ring (bicyclic) bond motifs is 1. The Morgan fingerprint density at radius 3 is 2.71 bits per heavy atom. The maximum atomic E-state index is 11.3. The van der Waals surface area contributed by atoms with Crippen molar-refractivity contribution in [3.63, 3.8) is 0 Å². The van der Waals surface area contributed by atoms with Crippen LogP contribution in [0.4, 0.5) is 0 Å². The Hall–Kier alpha value is -2.56.